The number of amides is 1. The summed E-state index contributed by atoms with van der Waals surface area (Å²) in [6, 6.07) is 10.1. The van der Waals surface area contributed by atoms with Crippen LogP contribution in [0.3, 0.4) is 0 Å². The molecule has 0 unspecified atom stereocenters. The Balaban J connectivity index is 2.29. The summed E-state index contributed by atoms with van der Waals surface area (Å²) in [6.45, 7) is 1.85. The molecule has 0 radical (unpaired) electrons. The van der Waals surface area contributed by atoms with Crippen LogP contribution in [0.25, 0.3) is 0 Å². The lowest BCUT2D eigenvalue weighted by Gasteiger charge is -2.17. The Morgan fingerprint density at radius 3 is 2.50 bits per heavy atom. The predicted molar refractivity (Wildman–Crippen MR) is 69.8 cm³/mol. The molecule has 4 heteroatoms. The fraction of sp³-hybridized carbons (Fsp3) is 0.143. The third-order valence-corrected chi connectivity index (χ3v) is 2.75. The van der Waals surface area contributed by atoms with Crippen molar-refractivity contribution in [2.75, 3.05) is 11.9 Å². The average molecular weight is 242 g/mol. The lowest BCUT2D eigenvalue weighted by Crippen LogP contribution is -2.27. The van der Waals surface area contributed by atoms with E-state index in [0.717, 1.165) is 5.56 Å². The number of anilines is 1. The number of phenolic OH excluding ortho intramolecular Hbond substituents is 1. The second-order valence-electron chi connectivity index (χ2n) is 4.05. The van der Waals surface area contributed by atoms with E-state index in [2.05, 4.69) is 4.98 Å². The fourth-order valence-corrected chi connectivity index (χ4v) is 1.66. The molecule has 2 rings (SSSR count). The number of hydrogen-bond acceptors (Lipinski definition) is 3. The molecule has 0 saturated heterocycles. The Bertz CT molecular complexity index is 564. The lowest BCUT2D eigenvalue weighted by molar-refractivity contribution is 0.0987. The van der Waals surface area contributed by atoms with Gasteiger partial charge in [-0.05, 0) is 42.8 Å². The number of rotatable bonds is 2. The standard InChI is InChI=1S/C14H14N2O2/c1-10-4-3-9-15-13(10)14(18)16(2)11-5-7-12(17)8-6-11/h3-9,17H,1-2H3. The number of aromatic hydroxyl groups is 1. The Labute approximate surface area is 106 Å². The van der Waals surface area contributed by atoms with Gasteiger partial charge in [0.25, 0.3) is 5.91 Å². The van der Waals surface area contributed by atoms with Crippen molar-refractivity contribution in [2.24, 2.45) is 0 Å². The van der Waals surface area contributed by atoms with Crippen LogP contribution in [-0.4, -0.2) is 23.0 Å². The van der Waals surface area contributed by atoms with Gasteiger partial charge in [-0.15, -0.1) is 0 Å². The average Bonchev–Trinajstić information content (AvgIpc) is 2.38. The van der Waals surface area contributed by atoms with Crippen molar-refractivity contribution in [2.45, 2.75) is 6.92 Å². The molecule has 1 N–H and O–H groups in total. The molecule has 0 saturated carbocycles. The van der Waals surface area contributed by atoms with Crippen LogP contribution in [0, 0.1) is 6.92 Å². The highest BCUT2D eigenvalue weighted by molar-refractivity contribution is 6.05. The number of phenols is 1. The van der Waals surface area contributed by atoms with Gasteiger partial charge in [0.05, 0.1) is 0 Å². The molecule has 0 fully saturated rings. The van der Waals surface area contributed by atoms with Crippen molar-refractivity contribution in [3.8, 4) is 5.75 Å². The predicted octanol–water partition coefficient (Wildman–Crippen LogP) is 2.37. The van der Waals surface area contributed by atoms with E-state index >= 15 is 0 Å². The molecule has 0 bridgehead atoms. The number of aromatic nitrogens is 1. The zero-order valence-electron chi connectivity index (χ0n) is 10.3. The van der Waals surface area contributed by atoms with Gasteiger partial charge in [-0.25, -0.2) is 0 Å². The van der Waals surface area contributed by atoms with Crippen LogP contribution in [0.2, 0.25) is 0 Å². The van der Waals surface area contributed by atoms with Crippen LogP contribution in [0.5, 0.6) is 5.75 Å². The summed E-state index contributed by atoms with van der Waals surface area (Å²) >= 11 is 0. The molecule has 18 heavy (non-hydrogen) atoms. The van der Waals surface area contributed by atoms with Gasteiger partial charge in [0.2, 0.25) is 0 Å². The minimum Gasteiger partial charge on any atom is -0.508 e. The van der Waals surface area contributed by atoms with E-state index in [9.17, 15) is 9.90 Å². The Kier molecular flexibility index (Phi) is 3.28. The number of hydrogen-bond donors (Lipinski definition) is 1. The van der Waals surface area contributed by atoms with E-state index in [0.29, 0.717) is 11.4 Å². The van der Waals surface area contributed by atoms with Crippen molar-refractivity contribution in [1.29, 1.82) is 0 Å². The van der Waals surface area contributed by atoms with E-state index in [-0.39, 0.29) is 11.7 Å². The summed E-state index contributed by atoms with van der Waals surface area (Å²) < 4.78 is 0. The topological polar surface area (TPSA) is 53.4 Å². The number of carbonyl (C=O) groups excluding carboxylic acids is 1. The number of pyridine rings is 1. The normalized spacial score (nSPS) is 10.1. The van der Waals surface area contributed by atoms with Gasteiger partial charge >= 0.3 is 0 Å². The zero-order chi connectivity index (χ0) is 13.1. The molecule has 0 atom stereocenters. The summed E-state index contributed by atoms with van der Waals surface area (Å²) in [6.07, 6.45) is 1.60. The molecule has 92 valence electrons. The highest BCUT2D eigenvalue weighted by Crippen LogP contribution is 2.19. The van der Waals surface area contributed by atoms with Crippen LogP contribution in [-0.2, 0) is 0 Å². The summed E-state index contributed by atoms with van der Waals surface area (Å²) in [5.74, 6) is 0.00686. The van der Waals surface area contributed by atoms with Gasteiger partial charge in [0, 0.05) is 18.9 Å². The second kappa shape index (κ2) is 4.87. The second-order valence-corrected chi connectivity index (χ2v) is 4.05. The molecule has 4 nitrogen and oxygen atoms in total. The van der Waals surface area contributed by atoms with Crippen molar-refractivity contribution < 1.29 is 9.90 Å². The Morgan fingerprint density at radius 1 is 1.22 bits per heavy atom. The fourth-order valence-electron chi connectivity index (χ4n) is 1.66. The molecule has 1 aromatic heterocycles. The largest absolute Gasteiger partial charge is 0.508 e. The molecule has 1 heterocycles. The maximum atomic E-state index is 12.3. The summed E-state index contributed by atoms with van der Waals surface area (Å²) in [5, 5.41) is 9.22. The molecule has 0 spiro atoms. The first kappa shape index (κ1) is 12.1. The van der Waals surface area contributed by atoms with Crippen LogP contribution in [0.4, 0.5) is 5.69 Å². The van der Waals surface area contributed by atoms with Crippen LogP contribution in [0.1, 0.15) is 16.1 Å². The summed E-state index contributed by atoms with van der Waals surface area (Å²) in [4.78, 5) is 17.9. The van der Waals surface area contributed by atoms with Gasteiger partial charge in [0.15, 0.2) is 0 Å². The van der Waals surface area contributed by atoms with E-state index in [1.54, 1.807) is 43.6 Å². The minimum absolute atomic E-state index is 0.168. The third kappa shape index (κ3) is 2.32. The molecule has 2 aromatic rings. The highest BCUT2D eigenvalue weighted by Gasteiger charge is 2.16. The lowest BCUT2D eigenvalue weighted by atomic mass is 10.2. The maximum absolute atomic E-state index is 12.3. The van der Waals surface area contributed by atoms with Gasteiger partial charge in [-0.3, -0.25) is 9.78 Å². The first-order chi connectivity index (χ1) is 8.59. The summed E-state index contributed by atoms with van der Waals surface area (Å²) in [7, 11) is 1.68. The van der Waals surface area contributed by atoms with E-state index in [1.807, 2.05) is 13.0 Å². The molecular weight excluding hydrogens is 228 g/mol. The van der Waals surface area contributed by atoms with E-state index < -0.39 is 0 Å². The van der Waals surface area contributed by atoms with Crippen LogP contribution in [0.15, 0.2) is 42.6 Å². The molecule has 0 aliphatic rings. The van der Waals surface area contributed by atoms with Gasteiger partial charge in [-0.1, -0.05) is 6.07 Å². The maximum Gasteiger partial charge on any atom is 0.276 e. The number of nitrogens with zero attached hydrogens (tertiary/aromatic N) is 2. The molecule has 1 amide bonds. The highest BCUT2D eigenvalue weighted by atomic mass is 16.3. The smallest absolute Gasteiger partial charge is 0.276 e. The SMILES string of the molecule is Cc1cccnc1C(=O)N(C)c1ccc(O)cc1. The van der Waals surface area contributed by atoms with E-state index in [4.69, 9.17) is 0 Å². The van der Waals surface area contributed by atoms with Gasteiger partial charge in [0.1, 0.15) is 11.4 Å². The molecule has 0 aliphatic heterocycles. The third-order valence-electron chi connectivity index (χ3n) is 2.75. The molecule has 0 aliphatic carbocycles. The van der Waals surface area contributed by atoms with Crippen molar-refractivity contribution in [1.82, 2.24) is 4.98 Å². The van der Waals surface area contributed by atoms with Crippen molar-refractivity contribution >= 4 is 11.6 Å². The quantitative estimate of drug-likeness (QED) is 0.879. The van der Waals surface area contributed by atoms with Crippen molar-refractivity contribution in [3.05, 3.63) is 53.9 Å². The van der Waals surface area contributed by atoms with Crippen molar-refractivity contribution in [3.63, 3.8) is 0 Å². The first-order valence-electron chi connectivity index (χ1n) is 5.58. The number of aryl methyl sites for hydroxylation is 1. The molecule has 1 aromatic carbocycles. The zero-order valence-corrected chi connectivity index (χ0v) is 10.3. The monoisotopic (exact) mass is 242 g/mol. The Morgan fingerprint density at radius 2 is 1.89 bits per heavy atom. The Hall–Kier alpha value is -2.36. The van der Waals surface area contributed by atoms with Gasteiger partial charge < -0.3 is 10.0 Å². The van der Waals surface area contributed by atoms with Crippen LogP contribution < -0.4 is 4.90 Å². The number of carbonyl (C=O) groups is 1. The van der Waals surface area contributed by atoms with Gasteiger partial charge in [-0.2, -0.15) is 0 Å². The van der Waals surface area contributed by atoms with E-state index in [1.165, 1.54) is 4.90 Å². The summed E-state index contributed by atoms with van der Waals surface area (Å²) in [5.41, 5.74) is 1.99. The minimum atomic E-state index is -0.168. The number of benzene rings is 1. The first-order valence-corrected chi connectivity index (χ1v) is 5.58. The van der Waals surface area contributed by atoms with Crippen LogP contribution >= 0.6 is 0 Å². The molecular formula is C14H14N2O2.